The molecule has 1 heterocycles. The smallest absolute Gasteiger partial charge is 0.294 e. The van der Waals surface area contributed by atoms with E-state index < -0.39 is 23.6 Å². The summed E-state index contributed by atoms with van der Waals surface area (Å²) in [6, 6.07) is 19.9. The Labute approximate surface area is 257 Å². The number of anilines is 1. The predicted octanol–water partition coefficient (Wildman–Crippen LogP) is 6.42. The van der Waals surface area contributed by atoms with Crippen LogP contribution in [0.25, 0.3) is 6.08 Å². The number of nitrogens with one attached hydrogen (secondary N) is 1. The number of hydrogen-bond acceptors (Lipinski definition) is 7. The van der Waals surface area contributed by atoms with Gasteiger partial charge in [-0.1, -0.05) is 18.2 Å². The van der Waals surface area contributed by atoms with E-state index in [1.54, 1.807) is 42.5 Å². The molecule has 1 N–H and O–H groups in total. The number of nitrogens with zero attached hydrogens (tertiary/aromatic N) is 2. The number of nitriles is 1. The van der Waals surface area contributed by atoms with Crippen molar-refractivity contribution in [3.8, 4) is 17.6 Å². The lowest BCUT2D eigenvalue weighted by molar-refractivity contribution is -0.127. The highest BCUT2D eigenvalue weighted by Crippen LogP contribution is 2.36. The number of thioether (sulfide) groups is 1. The summed E-state index contributed by atoms with van der Waals surface area (Å²) in [5.41, 5.74) is 2.40. The number of imide groups is 1. The molecule has 3 aromatic carbocycles. The fourth-order valence-corrected chi connectivity index (χ4v) is 6.54. The minimum absolute atomic E-state index is 0.161. The van der Waals surface area contributed by atoms with Crippen molar-refractivity contribution in [1.82, 2.24) is 4.90 Å². The molecule has 0 aromatic heterocycles. The van der Waals surface area contributed by atoms with Gasteiger partial charge in [0.15, 0.2) is 0 Å². The monoisotopic (exact) mass is 765 g/mol. The van der Waals surface area contributed by atoms with E-state index in [-0.39, 0.29) is 11.5 Å². The fourth-order valence-electron chi connectivity index (χ4n) is 3.67. The van der Waals surface area contributed by atoms with Crippen LogP contribution in [0.4, 0.5) is 10.5 Å². The van der Waals surface area contributed by atoms with Crippen molar-refractivity contribution in [1.29, 1.82) is 5.26 Å². The molecule has 0 saturated carbocycles. The van der Waals surface area contributed by atoms with Gasteiger partial charge in [-0.25, -0.2) is 0 Å². The van der Waals surface area contributed by atoms with Gasteiger partial charge < -0.3 is 14.8 Å². The van der Waals surface area contributed by atoms with Gasteiger partial charge in [-0.15, -0.1) is 0 Å². The summed E-state index contributed by atoms with van der Waals surface area (Å²) in [5.74, 6) is 0.159. The maximum Gasteiger partial charge on any atom is 0.294 e. The zero-order chi connectivity index (χ0) is 27.9. The van der Waals surface area contributed by atoms with Crippen LogP contribution in [-0.2, 0) is 16.2 Å². The van der Waals surface area contributed by atoms with E-state index in [1.807, 2.05) is 31.2 Å². The number of benzene rings is 3. The van der Waals surface area contributed by atoms with Crippen molar-refractivity contribution in [2.75, 3.05) is 18.5 Å². The summed E-state index contributed by atoms with van der Waals surface area (Å²) < 4.78 is 13.2. The molecule has 198 valence electrons. The van der Waals surface area contributed by atoms with Crippen LogP contribution in [0.15, 0.2) is 65.6 Å². The van der Waals surface area contributed by atoms with Crippen LogP contribution in [-0.4, -0.2) is 35.1 Å². The summed E-state index contributed by atoms with van der Waals surface area (Å²) in [6.45, 7) is 2.16. The SMILES string of the molecule is CCOc1ccc(NC(=O)CN2C(=O)S/C(=C/c3cc(I)cc(I)c3OCc3ccccc3C#N)C2=O)cc1. The number of amides is 3. The normalized spacial score (nSPS) is 13.9. The molecule has 0 aliphatic carbocycles. The van der Waals surface area contributed by atoms with E-state index >= 15 is 0 Å². The number of ether oxygens (including phenoxy) is 2. The van der Waals surface area contributed by atoms with Crippen LogP contribution in [0, 0.1) is 18.5 Å². The fraction of sp³-hybridized carbons (Fsp3) is 0.143. The zero-order valence-corrected chi connectivity index (χ0v) is 25.7. The number of rotatable bonds is 9. The number of hydrogen-bond donors (Lipinski definition) is 1. The first-order valence-corrected chi connectivity index (χ1v) is 14.6. The third-order valence-corrected chi connectivity index (χ3v) is 7.79. The molecule has 0 unspecified atom stereocenters. The summed E-state index contributed by atoms with van der Waals surface area (Å²) in [5, 5.41) is 11.5. The van der Waals surface area contributed by atoms with Gasteiger partial charge in [-0.2, -0.15) is 5.26 Å². The lowest BCUT2D eigenvalue weighted by Crippen LogP contribution is -2.36. The first kappa shape index (κ1) is 28.9. The highest BCUT2D eigenvalue weighted by atomic mass is 127. The van der Waals surface area contributed by atoms with Crippen molar-refractivity contribution in [2.45, 2.75) is 13.5 Å². The van der Waals surface area contributed by atoms with E-state index in [1.165, 1.54) is 0 Å². The summed E-state index contributed by atoms with van der Waals surface area (Å²) >= 11 is 5.09. The second-order valence-corrected chi connectivity index (χ2v) is 11.5. The van der Waals surface area contributed by atoms with Crippen LogP contribution in [0.2, 0.25) is 0 Å². The molecule has 3 amide bonds. The minimum atomic E-state index is -0.554. The molecule has 3 aromatic rings. The van der Waals surface area contributed by atoms with E-state index in [0.717, 1.165) is 29.4 Å². The Morgan fingerprint density at radius 1 is 1.10 bits per heavy atom. The third kappa shape index (κ3) is 7.31. The van der Waals surface area contributed by atoms with E-state index in [4.69, 9.17) is 9.47 Å². The first-order chi connectivity index (χ1) is 18.8. The van der Waals surface area contributed by atoms with Gasteiger partial charge in [0.25, 0.3) is 11.1 Å². The largest absolute Gasteiger partial charge is 0.494 e. The average molecular weight is 765 g/mol. The van der Waals surface area contributed by atoms with Gasteiger partial charge in [-0.05, 0) is 112 Å². The molecule has 11 heteroatoms. The molecule has 1 aliphatic rings. The lowest BCUT2D eigenvalue weighted by Gasteiger charge is -2.14. The van der Waals surface area contributed by atoms with Crippen molar-refractivity contribution in [3.05, 3.63) is 89.4 Å². The Morgan fingerprint density at radius 3 is 2.56 bits per heavy atom. The molecule has 4 rings (SSSR count). The third-order valence-electron chi connectivity index (χ3n) is 5.46. The second-order valence-electron chi connectivity index (χ2n) is 8.14. The first-order valence-electron chi connectivity index (χ1n) is 11.7. The van der Waals surface area contributed by atoms with Crippen molar-refractivity contribution in [2.24, 2.45) is 0 Å². The van der Waals surface area contributed by atoms with Gasteiger partial charge in [0, 0.05) is 20.4 Å². The topological polar surface area (TPSA) is 109 Å². The van der Waals surface area contributed by atoms with E-state index in [0.29, 0.717) is 34.9 Å². The maximum absolute atomic E-state index is 13.1. The van der Waals surface area contributed by atoms with Crippen molar-refractivity contribution in [3.63, 3.8) is 0 Å². The highest BCUT2D eigenvalue weighted by Gasteiger charge is 2.36. The molecular formula is C28H21I2N3O5S. The Morgan fingerprint density at radius 2 is 1.85 bits per heavy atom. The molecule has 0 atom stereocenters. The Balaban J connectivity index is 1.50. The van der Waals surface area contributed by atoms with Gasteiger partial charge in [-0.3, -0.25) is 19.3 Å². The second kappa shape index (κ2) is 13.3. The number of carbonyl (C=O) groups is 3. The molecular weight excluding hydrogens is 744 g/mol. The van der Waals surface area contributed by atoms with Crippen LogP contribution >= 0.6 is 56.9 Å². The molecule has 0 spiro atoms. The molecule has 1 saturated heterocycles. The summed E-state index contributed by atoms with van der Waals surface area (Å²) in [6.07, 6.45) is 1.60. The Hall–Kier alpha value is -3.09. The summed E-state index contributed by atoms with van der Waals surface area (Å²) in [4.78, 5) is 39.5. The summed E-state index contributed by atoms with van der Waals surface area (Å²) in [7, 11) is 0. The molecule has 1 aliphatic heterocycles. The molecule has 1 fully saturated rings. The number of carbonyl (C=O) groups excluding carboxylic acids is 3. The highest BCUT2D eigenvalue weighted by molar-refractivity contribution is 14.1. The van der Waals surface area contributed by atoms with Gasteiger partial charge >= 0.3 is 0 Å². The number of halogens is 2. The standard InChI is InChI=1S/C28H21I2N3O5S/c1-2-37-22-9-7-21(8-10-22)32-25(34)15-33-27(35)24(39-28(33)36)12-19-11-20(29)13-23(30)26(19)38-16-18-6-4-3-5-17(18)14-31/h3-13H,2,15-16H2,1H3,(H,32,34)/b24-12+. The maximum atomic E-state index is 13.1. The average Bonchev–Trinajstić information content (AvgIpc) is 3.16. The molecule has 0 radical (unpaired) electrons. The van der Waals surface area contributed by atoms with Gasteiger partial charge in [0.05, 0.1) is 26.7 Å². The predicted molar refractivity (Wildman–Crippen MR) is 166 cm³/mol. The van der Waals surface area contributed by atoms with Crippen molar-refractivity contribution < 1.29 is 23.9 Å². The lowest BCUT2D eigenvalue weighted by atomic mass is 10.1. The molecule has 0 bridgehead atoms. The Kier molecular flexibility index (Phi) is 9.87. The van der Waals surface area contributed by atoms with Crippen LogP contribution in [0.1, 0.15) is 23.6 Å². The van der Waals surface area contributed by atoms with Crippen LogP contribution in [0.5, 0.6) is 11.5 Å². The molecule has 8 nitrogen and oxygen atoms in total. The molecule has 39 heavy (non-hydrogen) atoms. The quantitative estimate of drug-likeness (QED) is 0.198. The zero-order valence-electron chi connectivity index (χ0n) is 20.6. The van der Waals surface area contributed by atoms with Gasteiger partial charge in [0.1, 0.15) is 24.7 Å². The van der Waals surface area contributed by atoms with Crippen molar-refractivity contribution >= 4 is 85.8 Å². The minimum Gasteiger partial charge on any atom is -0.494 e. The van der Waals surface area contributed by atoms with Gasteiger partial charge in [0.2, 0.25) is 5.91 Å². The van der Waals surface area contributed by atoms with Crippen LogP contribution in [0.3, 0.4) is 0 Å². The van der Waals surface area contributed by atoms with E-state index in [9.17, 15) is 19.6 Å². The Bertz CT molecular complexity index is 1500. The van der Waals surface area contributed by atoms with E-state index in [2.05, 4.69) is 56.6 Å². The van der Waals surface area contributed by atoms with Crippen LogP contribution < -0.4 is 14.8 Å².